The summed E-state index contributed by atoms with van der Waals surface area (Å²) in [5, 5.41) is 12.4. The topological polar surface area (TPSA) is 48.3 Å². The van der Waals surface area contributed by atoms with Gasteiger partial charge in [-0.1, -0.05) is 0 Å². The zero-order valence-corrected chi connectivity index (χ0v) is 12.7. The van der Waals surface area contributed by atoms with Gasteiger partial charge in [0.1, 0.15) is 5.75 Å². The molecule has 0 atom stereocenters. The molecule has 0 amide bonds. The molecule has 0 radical (unpaired) electrons. The van der Waals surface area contributed by atoms with E-state index in [1.165, 1.54) is 24.6 Å². The first-order valence-electron chi connectivity index (χ1n) is 6.91. The number of ether oxygens (including phenoxy) is 1. The fourth-order valence-corrected chi connectivity index (χ4v) is 3.25. The highest BCUT2D eigenvalue weighted by atomic mass is 32.2. The Morgan fingerprint density at radius 3 is 2.90 bits per heavy atom. The van der Waals surface area contributed by atoms with Gasteiger partial charge in [0.15, 0.2) is 0 Å². The van der Waals surface area contributed by atoms with Crippen LogP contribution in [0.2, 0.25) is 0 Å². The lowest BCUT2D eigenvalue weighted by atomic mass is 10.1. The van der Waals surface area contributed by atoms with Gasteiger partial charge in [0.25, 0.3) is 0 Å². The maximum absolute atomic E-state index is 8.95. The van der Waals surface area contributed by atoms with Gasteiger partial charge >= 0.3 is 0 Å². The minimum Gasteiger partial charge on any atom is -0.496 e. The van der Waals surface area contributed by atoms with E-state index in [2.05, 4.69) is 16.3 Å². The van der Waals surface area contributed by atoms with Crippen LogP contribution in [0.4, 0.5) is 0 Å². The molecule has 0 saturated carbocycles. The van der Waals surface area contributed by atoms with Gasteiger partial charge in [0, 0.05) is 49.8 Å². The Kier molecular flexibility index (Phi) is 6.19. The summed E-state index contributed by atoms with van der Waals surface area (Å²) in [5.41, 5.74) is 1.72. The summed E-state index contributed by atoms with van der Waals surface area (Å²) in [5.74, 6) is 3.33. The zero-order valence-electron chi connectivity index (χ0n) is 11.9. The van der Waals surface area contributed by atoms with Gasteiger partial charge < -0.3 is 15.0 Å². The van der Waals surface area contributed by atoms with E-state index < -0.39 is 0 Å². The molecule has 0 bridgehead atoms. The summed E-state index contributed by atoms with van der Waals surface area (Å²) in [4.78, 5) is 2.49. The van der Waals surface area contributed by atoms with Crippen LogP contribution in [0.5, 0.6) is 5.75 Å². The van der Waals surface area contributed by atoms with Crippen molar-refractivity contribution in [3.8, 4) is 11.8 Å². The molecule has 0 aromatic heterocycles. The van der Waals surface area contributed by atoms with Crippen LogP contribution in [0, 0.1) is 11.3 Å². The van der Waals surface area contributed by atoms with Crippen molar-refractivity contribution in [1.82, 2.24) is 10.2 Å². The standard InChI is InChI=1S/C15H21N3OS/c1-19-15-3-2-13(11-16)10-14(15)12-17-4-5-18-6-8-20-9-7-18/h2-3,10,17H,4-9,12H2,1H3. The molecular formula is C15H21N3OS. The van der Waals surface area contributed by atoms with E-state index in [1.807, 2.05) is 23.9 Å². The number of thioether (sulfide) groups is 1. The van der Waals surface area contributed by atoms with Crippen LogP contribution in [0.25, 0.3) is 0 Å². The summed E-state index contributed by atoms with van der Waals surface area (Å²) >= 11 is 2.03. The highest BCUT2D eigenvalue weighted by Crippen LogP contribution is 2.19. The normalized spacial score (nSPS) is 15.8. The smallest absolute Gasteiger partial charge is 0.123 e. The van der Waals surface area contributed by atoms with Crippen LogP contribution in [0.15, 0.2) is 18.2 Å². The van der Waals surface area contributed by atoms with Crippen molar-refractivity contribution in [3.63, 3.8) is 0 Å². The highest BCUT2D eigenvalue weighted by molar-refractivity contribution is 7.99. The van der Waals surface area contributed by atoms with Crippen molar-refractivity contribution in [2.24, 2.45) is 0 Å². The van der Waals surface area contributed by atoms with E-state index >= 15 is 0 Å². The molecule has 4 nitrogen and oxygen atoms in total. The molecule has 5 heteroatoms. The van der Waals surface area contributed by atoms with Crippen molar-refractivity contribution in [3.05, 3.63) is 29.3 Å². The molecule has 1 aliphatic heterocycles. The Morgan fingerprint density at radius 1 is 1.40 bits per heavy atom. The quantitative estimate of drug-likeness (QED) is 0.809. The van der Waals surface area contributed by atoms with Crippen molar-refractivity contribution in [2.75, 3.05) is 44.8 Å². The number of nitrogens with zero attached hydrogens (tertiary/aromatic N) is 2. The first-order valence-corrected chi connectivity index (χ1v) is 8.07. The van der Waals surface area contributed by atoms with Gasteiger partial charge in [-0.05, 0) is 18.2 Å². The van der Waals surface area contributed by atoms with E-state index in [1.54, 1.807) is 13.2 Å². The Bertz CT molecular complexity index is 467. The lowest BCUT2D eigenvalue weighted by Crippen LogP contribution is -2.37. The second kappa shape index (κ2) is 8.15. The average molecular weight is 291 g/mol. The van der Waals surface area contributed by atoms with Gasteiger partial charge in [-0.2, -0.15) is 17.0 Å². The molecule has 1 aromatic carbocycles. The Hall–Kier alpha value is -1.22. The molecule has 20 heavy (non-hydrogen) atoms. The Labute approximate surface area is 125 Å². The maximum atomic E-state index is 8.95. The predicted molar refractivity (Wildman–Crippen MR) is 83.2 cm³/mol. The third kappa shape index (κ3) is 4.41. The first kappa shape index (κ1) is 15.2. The lowest BCUT2D eigenvalue weighted by molar-refractivity contribution is 0.300. The van der Waals surface area contributed by atoms with E-state index in [0.29, 0.717) is 5.56 Å². The second-order valence-corrected chi connectivity index (χ2v) is 5.99. The Morgan fingerprint density at radius 2 is 2.20 bits per heavy atom. The van der Waals surface area contributed by atoms with Crippen molar-refractivity contribution in [1.29, 1.82) is 5.26 Å². The van der Waals surface area contributed by atoms with Gasteiger partial charge in [-0.25, -0.2) is 0 Å². The number of hydrogen-bond acceptors (Lipinski definition) is 5. The van der Waals surface area contributed by atoms with Crippen LogP contribution in [-0.2, 0) is 6.54 Å². The van der Waals surface area contributed by atoms with E-state index in [4.69, 9.17) is 10.00 Å². The molecule has 1 heterocycles. The highest BCUT2D eigenvalue weighted by Gasteiger charge is 2.09. The Balaban J connectivity index is 1.79. The molecule has 0 spiro atoms. The maximum Gasteiger partial charge on any atom is 0.123 e. The number of rotatable bonds is 6. The fraction of sp³-hybridized carbons (Fsp3) is 0.533. The number of hydrogen-bond donors (Lipinski definition) is 1. The molecular weight excluding hydrogens is 270 g/mol. The minimum atomic E-state index is 0.677. The number of nitriles is 1. The zero-order chi connectivity index (χ0) is 14.2. The van der Waals surface area contributed by atoms with Crippen molar-refractivity contribution < 1.29 is 4.74 Å². The lowest BCUT2D eigenvalue weighted by Gasteiger charge is -2.26. The molecule has 0 aliphatic carbocycles. The summed E-state index contributed by atoms with van der Waals surface area (Å²) in [6.45, 7) is 5.17. The van der Waals surface area contributed by atoms with Crippen LogP contribution in [-0.4, -0.2) is 49.7 Å². The van der Waals surface area contributed by atoms with E-state index in [-0.39, 0.29) is 0 Å². The first-order chi connectivity index (χ1) is 9.83. The van der Waals surface area contributed by atoms with E-state index in [9.17, 15) is 0 Å². The summed E-state index contributed by atoms with van der Waals surface area (Å²) in [7, 11) is 1.66. The molecule has 108 valence electrons. The summed E-state index contributed by atoms with van der Waals surface area (Å²) in [6, 6.07) is 7.70. The third-order valence-corrected chi connectivity index (χ3v) is 4.38. The third-order valence-electron chi connectivity index (χ3n) is 3.43. The van der Waals surface area contributed by atoms with E-state index in [0.717, 1.165) is 30.9 Å². The van der Waals surface area contributed by atoms with Crippen LogP contribution < -0.4 is 10.1 Å². The fourth-order valence-electron chi connectivity index (χ4n) is 2.27. The monoisotopic (exact) mass is 291 g/mol. The average Bonchev–Trinajstić information content (AvgIpc) is 2.52. The SMILES string of the molecule is COc1ccc(C#N)cc1CNCCN1CCSCC1. The molecule has 1 fully saturated rings. The summed E-state index contributed by atoms with van der Waals surface area (Å²) < 4.78 is 5.33. The molecule has 1 saturated heterocycles. The van der Waals surface area contributed by atoms with Crippen LogP contribution in [0.1, 0.15) is 11.1 Å². The van der Waals surface area contributed by atoms with Crippen molar-refractivity contribution in [2.45, 2.75) is 6.54 Å². The molecule has 2 rings (SSSR count). The number of benzene rings is 1. The largest absolute Gasteiger partial charge is 0.496 e. The molecule has 0 unspecified atom stereocenters. The van der Waals surface area contributed by atoms with Gasteiger partial charge in [-0.3, -0.25) is 0 Å². The van der Waals surface area contributed by atoms with Crippen LogP contribution >= 0.6 is 11.8 Å². The number of methoxy groups -OCH3 is 1. The van der Waals surface area contributed by atoms with Gasteiger partial charge in [-0.15, -0.1) is 0 Å². The molecule has 1 N–H and O–H groups in total. The van der Waals surface area contributed by atoms with Crippen LogP contribution in [0.3, 0.4) is 0 Å². The van der Waals surface area contributed by atoms with Gasteiger partial charge in [0.05, 0.1) is 18.7 Å². The summed E-state index contributed by atoms with van der Waals surface area (Å²) in [6.07, 6.45) is 0. The van der Waals surface area contributed by atoms with Crippen molar-refractivity contribution >= 4 is 11.8 Å². The van der Waals surface area contributed by atoms with Gasteiger partial charge in [0.2, 0.25) is 0 Å². The predicted octanol–water partition coefficient (Wildman–Crippen LogP) is 1.71. The molecule has 1 aromatic rings. The molecule has 1 aliphatic rings. The second-order valence-electron chi connectivity index (χ2n) is 4.77. The minimum absolute atomic E-state index is 0.677. The number of nitrogens with one attached hydrogen (secondary N) is 1.